The Hall–Kier alpha value is -3.63. The molecule has 2 unspecified atom stereocenters. The van der Waals surface area contributed by atoms with Gasteiger partial charge < -0.3 is 24.4 Å². The molecule has 1 amide bonds. The number of nitrogens with zero attached hydrogens (tertiary/aromatic N) is 3. The molecule has 0 saturated carbocycles. The van der Waals surface area contributed by atoms with E-state index in [-0.39, 0.29) is 54.5 Å². The molecule has 0 radical (unpaired) electrons. The number of fused-ring (bicyclic) bond motifs is 5. The highest BCUT2D eigenvalue weighted by atomic mass is 19.1. The molecule has 1 aromatic carbocycles. The first-order valence-corrected chi connectivity index (χ1v) is 13.4. The molecule has 10 heteroatoms. The molecule has 3 atom stereocenters. The maximum Gasteiger partial charge on any atom is 0.340 e. The maximum absolute atomic E-state index is 15.0. The molecular weight excluding hydrogens is 505 g/mol. The molecule has 1 aliphatic carbocycles. The Morgan fingerprint density at radius 3 is 2.56 bits per heavy atom. The van der Waals surface area contributed by atoms with Crippen LogP contribution in [-0.4, -0.2) is 49.2 Å². The largest absolute Gasteiger partial charge is 0.458 e. The van der Waals surface area contributed by atoms with Gasteiger partial charge >= 0.3 is 5.97 Å². The van der Waals surface area contributed by atoms with Gasteiger partial charge in [0.2, 0.25) is 5.91 Å². The highest BCUT2D eigenvalue weighted by Gasteiger charge is 2.48. The minimum absolute atomic E-state index is 0.0413. The Morgan fingerprint density at radius 2 is 1.87 bits per heavy atom. The summed E-state index contributed by atoms with van der Waals surface area (Å²) in [7, 11) is 0. The van der Waals surface area contributed by atoms with Crippen molar-refractivity contribution in [3.05, 3.63) is 61.7 Å². The summed E-state index contributed by atoms with van der Waals surface area (Å²) in [5, 5.41) is 21.5. The Labute approximate surface area is 223 Å². The third-order valence-corrected chi connectivity index (χ3v) is 8.67. The number of carbonyl (C=O) groups is 2. The summed E-state index contributed by atoms with van der Waals surface area (Å²) in [5.74, 6) is -1.36. The van der Waals surface area contributed by atoms with E-state index >= 15 is 4.39 Å². The first-order valence-electron chi connectivity index (χ1n) is 13.4. The van der Waals surface area contributed by atoms with Gasteiger partial charge in [0.1, 0.15) is 12.4 Å². The van der Waals surface area contributed by atoms with E-state index < -0.39 is 23.7 Å². The summed E-state index contributed by atoms with van der Waals surface area (Å²) in [5.41, 5.74) is 3.44. The van der Waals surface area contributed by atoms with Crippen LogP contribution in [0.5, 0.6) is 0 Å². The number of carbonyl (C=O) groups excluding carboxylic acids is 2. The van der Waals surface area contributed by atoms with Crippen LogP contribution < -0.4 is 5.56 Å². The van der Waals surface area contributed by atoms with Crippen molar-refractivity contribution in [1.82, 2.24) is 14.5 Å². The van der Waals surface area contributed by atoms with Crippen molar-refractivity contribution < 1.29 is 28.9 Å². The van der Waals surface area contributed by atoms with Gasteiger partial charge in [0.15, 0.2) is 6.10 Å². The zero-order valence-corrected chi connectivity index (χ0v) is 22.3. The lowest BCUT2D eigenvalue weighted by Gasteiger charge is -2.44. The number of cyclic esters (lactones) is 1. The van der Waals surface area contributed by atoms with Crippen molar-refractivity contribution in [2.75, 3.05) is 6.54 Å². The number of aliphatic hydroxyl groups excluding tert-OH is 2. The molecule has 2 aromatic heterocycles. The molecule has 3 aromatic rings. The Morgan fingerprint density at radius 1 is 1.13 bits per heavy atom. The topological polar surface area (TPSA) is 122 Å². The minimum Gasteiger partial charge on any atom is -0.458 e. The van der Waals surface area contributed by atoms with Gasteiger partial charge in [-0.1, -0.05) is 13.8 Å². The van der Waals surface area contributed by atoms with Gasteiger partial charge in [-0.05, 0) is 49.4 Å². The molecule has 1 fully saturated rings. The Bertz CT molecular complexity index is 1660. The number of aromatic nitrogens is 2. The van der Waals surface area contributed by atoms with Crippen LogP contribution >= 0.6 is 0 Å². The standard InChI is InChI=1S/C27H24FN3O6.C2H6/c1-11-13-3-4-27(2,31-8-12(32)5-20(31)33)22-15-9-30-19(23(15)29-18(21(13)22)7-17(11)28)6-14-16(25(30)35)10-37-26(36)24(14)34;1-2/h6-7,12,24,32,34H,3-5,8-10H2,1-2H3;1-2H3/t12?,24-,27?;/m0./s1. The molecule has 0 bridgehead atoms. The van der Waals surface area contributed by atoms with Crippen molar-refractivity contribution in [2.45, 2.75) is 77.9 Å². The number of amides is 1. The number of rotatable bonds is 1. The number of aliphatic hydroxyl groups is 2. The van der Waals surface area contributed by atoms with Gasteiger partial charge in [-0.2, -0.15) is 0 Å². The second-order valence-corrected chi connectivity index (χ2v) is 10.7. The first kappa shape index (κ1) is 25.6. The normalized spacial score (nSPS) is 24.6. The summed E-state index contributed by atoms with van der Waals surface area (Å²) >= 11 is 0. The number of hydrogen-bond acceptors (Lipinski definition) is 7. The number of pyridine rings is 2. The number of esters is 1. The number of β-amino-alcohol motifs (C(OH)–C–C–N with tert-alkyl or cyclic N) is 1. The van der Waals surface area contributed by atoms with Gasteiger partial charge in [-0.3, -0.25) is 9.59 Å². The minimum atomic E-state index is -1.58. The van der Waals surface area contributed by atoms with E-state index in [1.54, 1.807) is 17.9 Å². The van der Waals surface area contributed by atoms with Crippen molar-refractivity contribution in [3.63, 3.8) is 0 Å². The van der Waals surface area contributed by atoms with E-state index in [1.807, 2.05) is 20.8 Å². The predicted molar refractivity (Wildman–Crippen MR) is 139 cm³/mol. The fourth-order valence-electron chi connectivity index (χ4n) is 6.77. The number of aryl methyl sites for hydroxylation is 1. The molecule has 9 nitrogen and oxygen atoms in total. The van der Waals surface area contributed by atoms with E-state index in [0.29, 0.717) is 35.3 Å². The van der Waals surface area contributed by atoms with Crippen LogP contribution in [0.2, 0.25) is 0 Å². The fourth-order valence-corrected chi connectivity index (χ4v) is 6.77. The SMILES string of the molecule is CC.Cc1c(F)cc2nc3c(c4c2c1CCC4(C)N1CC(O)CC1=O)Cn1c-3cc2c(c1=O)COC(=O)[C@H]2O. The molecule has 7 rings (SSSR count). The third-order valence-electron chi connectivity index (χ3n) is 8.67. The quantitative estimate of drug-likeness (QED) is 0.360. The molecule has 5 heterocycles. The summed E-state index contributed by atoms with van der Waals surface area (Å²) < 4.78 is 21.5. The second-order valence-electron chi connectivity index (χ2n) is 10.7. The average Bonchev–Trinajstić information content (AvgIpc) is 3.46. The zero-order valence-electron chi connectivity index (χ0n) is 22.3. The Balaban J connectivity index is 0.00000135. The molecule has 39 heavy (non-hydrogen) atoms. The molecule has 204 valence electrons. The lowest BCUT2D eigenvalue weighted by Crippen LogP contribution is -2.47. The van der Waals surface area contributed by atoms with Gasteiger partial charge in [0.05, 0.1) is 47.1 Å². The van der Waals surface area contributed by atoms with Crippen LogP contribution in [0.15, 0.2) is 16.9 Å². The van der Waals surface area contributed by atoms with Crippen LogP contribution in [-0.2, 0) is 39.4 Å². The Kier molecular flexibility index (Phi) is 5.71. The van der Waals surface area contributed by atoms with Gasteiger partial charge in [0.25, 0.3) is 5.56 Å². The van der Waals surface area contributed by atoms with Crippen LogP contribution in [0.3, 0.4) is 0 Å². The van der Waals surface area contributed by atoms with Crippen LogP contribution in [0.4, 0.5) is 4.39 Å². The fraction of sp³-hybridized carbons (Fsp3) is 0.448. The van der Waals surface area contributed by atoms with Crippen molar-refractivity contribution in [3.8, 4) is 11.4 Å². The van der Waals surface area contributed by atoms with Crippen molar-refractivity contribution in [2.24, 2.45) is 0 Å². The molecular formula is C29H30FN3O6. The van der Waals surface area contributed by atoms with Crippen LogP contribution in [0.25, 0.3) is 22.3 Å². The number of likely N-dealkylation sites (tertiary alicyclic amines) is 1. The van der Waals surface area contributed by atoms with Gasteiger partial charge in [-0.25, -0.2) is 14.2 Å². The summed E-state index contributed by atoms with van der Waals surface area (Å²) in [6.45, 7) is 7.84. The zero-order chi connectivity index (χ0) is 28.0. The van der Waals surface area contributed by atoms with Crippen molar-refractivity contribution >= 4 is 22.8 Å². The lowest BCUT2D eigenvalue weighted by atomic mass is 9.73. The molecule has 1 saturated heterocycles. The second kappa shape index (κ2) is 8.69. The number of halogens is 1. The monoisotopic (exact) mass is 535 g/mol. The van der Waals surface area contributed by atoms with Gasteiger partial charge in [0, 0.05) is 29.1 Å². The highest BCUT2D eigenvalue weighted by molar-refractivity contribution is 5.94. The third kappa shape index (κ3) is 3.37. The van der Waals surface area contributed by atoms with E-state index in [0.717, 1.165) is 22.1 Å². The van der Waals surface area contributed by atoms with Crippen molar-refractivity contribution in [1.29, 1.82) is 0 Å². The van der Waals surface area contributed by atoms with Crippen LogP contribution in [0, 0.1) is 12.7 Å². The lowest BCUT2D eigenvalue weighted by molar-refractivity contribution is -0.157. The smallest absolute Gasteiger partial charge is 0.340 e. The molecule has 2 N–H and O–H groups in total. The first-order chi connectivity index (χ1) is 18.6. The van der Waals surface area contributed by atoms with E-state index in [1.165, 1.54) is 10.6 Å². The molecule has 4 aliphatic rings. The van der Waals surface area contributed by atoms with Crippen LogP contribution in [0.1, 0.15) is 73.1 Å². The molecule has 0 spiro atoms. The van der Waals surface area contributed by atoms with Gasteiger partial charge in [-0.15, -0.1) is 0 Å². The summed E-state index contributed by atoms with van der Waals surface area (Å²) in [6, 6.07) is 2.98. The number of hydrogen-bond donors (Lipinski definition) is 2. The molecule has 3 aliphatic heterocycles. The summed E-state index contributed by atoms with van der Waals surface area (Å²) in [6.07, 6.45) is -1.24. The van der Waals surface area contributed by atoms with E-state index in [9.17, 15) is 24.6 Å². The average molecular weight is 536 g/mol. The summed E-state index contributed by atoms with van der Waals surface area (Å²) in [4.78, 5) is 45.0. The van der Waals surface area contributed by atoms with E-state index in [4.69, 9.17) is 9.72 Å². The number of benzene rings is 1. The maximum atomic E-state index is 15.0. The number of ether oxygens (including phenoxy) is 1. The highest BCUT2D eigenvalue weighted by Crippen LogP contribution is 2.50. The van der Waals surface area contributed by atoms with E-state index in [2.05, 4.69) is 0 Å². The predicted octanol–water partition coefficient (Wildman–Crippen LogP) is 2.74.